The first-order chi connectivity index (χ1) is 15.0. The Morgan fingerprint density at radius 3 is 2.52 bits per heavy atom. The number of alkyl halides is 3. The highest BCUT2D eigenvalue weighted by Crippen LogP contribution is 2.29. The van der Waals surface area contributed by atoms with Crippen molar-refractivity contribution in [1.29, 1.82) is 0 Å². The van der Waals surface area contributed by atoms with Crippen LogP contribution in [0.4, 0.5) is 19.0 Å². The van der Waals surface area contributed by atoms with E-state index in [1.165, 1.54) is 44.2 Å². The van der Waals surface area contributed by atoms with Crippen molar-refractivity contribution in [3.05, 3.63) is 60.1 Å². The Balaban J connectivity index is 0.000000149. The fourth-order valence-electron chi connectivity index (χ4n) is 3.41. The summed E-state index contributed by atoms with van der Waals surface area (Å²) >= 11 is 0. The third-order valence-corrected chi connectivity index (χ3v) is 4.99. The van der Waals surface area contributed by atoms with Gasteiger partial charge in [-0.1, -0.05) is 30.1 Å². The number of hydrogen-bond acceptors (Lipinski definition) is 7. The molecule has 0 saturated heterocycles. The molecule has 3 aromatic heterocycles. The maximum absolute atomic E-state index is 12.3. The van der Waals surface area contributed by atoms with Crippen molar-refractivity contribution >= 4 is 16.9 Å². The largest absolute Gasteiger partial charge is 0.416 e. The summed E-state index contributed by atoms with van der Waals surface area (Å²) in [5.74, 6) is 1.35. The van der Waals surface area contributed by atoms with Gasteiger partial charge in [0.2, 0.25) is 6.39 Å². The van der Waals surface area contributed by atoms with Crippen LogP contribution in [0.3, 0.4) is 0 Å². The zero-order chi connectivity index (χ0) is 21.7. The van der Waals surface area contributed by atoms with Crippen LogP contribution in [0.15, 0.2) is 47.7 Å². The van der Waals surface area contributed by atoms with Gasteiger partial charge >= 0.3 is 6.18 Å². The molecule has 0 unspecified atom stereocenters. The fourth-order valence-corrected chi connectivity index (χ4v) is 3.41. The molecule has 1 aliphatic carbocycles. The van der Waals surface area contributed by atoms with Gasteiger partial charge in [0, 0.05) is 12.5 Å². The van der Waals surface area contributed by atoms with Crippen LogP contribution in [-0.2, 0) is 12.6 Å². The minimum absolute atomic E-state index is 0.356. The Morgan fingerprint density at radius 1 is 1.06 bits per heavy atom. The minimum Gasteiger partial charge on any atom is -0.367 e. The van der Waals surface area contributed by atoms with Crippen molar-refractivity contribution < 1.29 is 17.7 Å². The average Bonchev–Trinajstić information content (AvgIpc) is 3.51. The molecule has 4 aromatic rings. The Labute approximate surface area is 175 Å². The lowest BCUT2D eigenvalue weighted by Crippen LogP contribution is -2.15. The molecule has 3 heterocycles. The second-order valence-electron chi connectivity index (χ2n) is 7.20. The molecule has 0 amide bonds. The first kappa shape index (κ1) is 20.8. The summed E-state index contributed by atoms with van der Waals surface area (Å²) in [6, 6.07) is 5.45. The average molecular weight is 431 g/mol. The Hall–Kier alpha value is -3.50. The normalized spacial score (nSPS) is 14.4. The standard InChI is InChI=1S/C10H7F3N2O.C10H13N5/c11-10(12,13)8-3-1-7(2-4-8)5-9-14-6-16-15-9;1-2-4-7(3-1)14-9-8-5-13-15-10(8)12-6-11-9/h1-4,6H,5H2;5-7H,1-4H2,(H2,11,12,13,14,15). The van der Waals surface area contributed by atoms with Crippen LogP contribution in [-0.4, -0.2) is 36.3 Å². The minimum atomic E-state index is -4.30. The van der Waals surface area contributed by atoms with E-state index in [0.29, 0.717) is 23.9 Å². The summed E-state index contributed by atoms with van der Waals surface area (Å²) in [4.78, 5) is 12.2. The lowest BCUT2D eigenvalue weighted by molar-refractivity contribution is -0.137. The van der Waals surface area contributed by atoms with Gasteiger partial charge in [0.25, 0.3) is 0 Å². The third kappa shape index (κ3) is 5.36. The number of halogens is 3. The summed E-state index contributed by atoms with van der Waals surface area (Å²) < 4.78 is 41.3. The van der Waals surface area contributed by atoms with Gasteiger partial charge in [-0.05, 0) is 30.5 Å². The second kappa shape index (κ2) is 9.11. The predicted molar refractivity (Wildman–Crippen MR) is 106 cm³/mol. The fraction of sp³-hybridized carbons (Fsp3) is 0.350. The summed E-state index contributed by atoms with van der Waals surface area (Å²) in [5, 5.41) is 14.8. The van der Waals surface area contributed by atoms with E-state index in [1.54, 1.807) is 12.5 Å². The molecule has 162 valence electrons. The van der Waals surface area contributed by atoms with Crippen LogP contribution in [0, 0.1) is 0 Å². The summed E-state index contributed by atoms with van der Waals surface area (Å²) in [6.07, 6.45) is 5.68. The molecule has 0 bridgehead atoms. The molecule has 8 nitrogen and oxygen atoms in total. The molecule has 0 aliphatic heterocycles. The van der Waals surface area contributed by atoms with Gasteiger partial charge < -0.3 is 9.84 Å². The highest BCUT2D eigenvalue weighted by atomic mass is 19.4. The molecular formula is C20H20F3N7O. The maximum atomic E-state index is 12.3. The number of nitrogens with zero attached hydrogens (tertiary/aromatic N) is 5. The van der Waals surface area contributed by atoms with Gasteiger partial charge in [-0.15, -0.1) is 0 Å². The van der Waals surface area contributed by atoms with Crippen LogP contribution < -0.4 is 5.32 Å². The van der Waals surface area contributed by atoms with Crippen molar-refractivity contribution in [2.24, 2.45) is 0 Å². The predicted octanol–water partition coefficient (Wildman–Crippen LogP) is 4.39. The number of H-pyrrole nitrogens is 1. The summed E-state index contributed by atoms with van der Waals surface area (Å²) in [7, 11) is 0. The topological polar surface area (TPSA) is 105 Å². The Kier molecular flexibility index (Phi) is 6.10. The number of fused-ring (bicyclic) bond motifs is 1. The van der Waals surface area contributed by atoms with Gasteiger partial charge in [0.1, 0.15) is 12.1 Å². The maximum Gasteiger partial charge on any atom is 0.416 e. The first-order valence-corrected chi connectivity index (χ1v) is 9.81. The van der Waals surface area contributed by atoms with Crippen molar-refractivity contribution in [3.8, 4) is 0 Å². The van der Waals surface area contributed by atoms with Crippen LogP contribution in [0.2, 0.25) is 0 Å². The Morgan fingerprint density at radius 2 is 1.84 bits per heavy atom. The SMILES string of the molecule is FC(F)(F)c1ccc(Cc2ncon2)cc1.c1nc(NC2CCCC2)c2cn[nH]c2n1. The molecule has 2 N–H and O–H groups in total. The lowest BCUT2D eigenvalue weighted by Gasteiger charge is -2.12. The highest BCUT2D eigenvalue weighted by Gasteiger charge is 2.29. The molecule has 1 aromatic carbocycles. The zero-order valence-corrected chi connectivity index (χ0v) is 16.4. The van der Waals surface area contributed by atoms with Crippen LogP contribution in [0.5, 0.6) is 0 Å². The molecule has 1 fully saturated rings. The summed E-state index contributed by atoms with van der Waals surface area (Å²) in [6.45, 7) is 0. The summed E-state index contributed by atoms with van der Waals surface area (Å²) in [5.41, 5.74) is 0.837. The second-order valence-corrected chi connectivity index (χ2v) is 7.20. The molecule has 0 atom stereocenters. The number of hydrogen-bond donors (Lipinski definition) is 2. The number of aromatic amines is 1. The quantitative estimate of drug-likeness (QED) is 0.494. The van der Waals surface area contributed by atoms with Crippen molar-refractivity contribution in [2.45, 2.75) is 44.3 Å². The van der Waals surface area contributed by atoms with E-state index >= 15 is 0 Å². The number of aromatic nitrogens is 6. The van der Waals surface area contributed by atoms with Crippen molar-refractivity contribution in [2.75, 3.05) is 5.32 Å². The van der Waals surface area contributed by atoms with Crippen LogP contribution in [0.1, 0.15) is 42.6 Å². The van der Waals surface area contributed by atoms with E-state index < -0.39 is 11.7 Å². The van der Waals surface area contributed by atoms with E-state index in [-0.39, 0.29) is 0 Å². The molecular weight excluding hydrogens is 411 g/mol. The number of nitrogens with one attached hydrogen (secondary N) is 2. The molecule has 1 saturated carbocycles. The van der Waals surface area contributed by atoms with Crippen molar-refractivity contribution in [1.82, 2.24) is 30.3 Å². The van der Waals surface area contributed by atoms with Gasteiger partial charge in [0.15, 0.2) is 11.5 Å². The van der Waals surface area contributed by atoms with Crippen molar-refractivity contribution in [3.63, 3.8) is 0 Å². The van der Waals surface area contributed by atoms with Gasteiger partial charge in [-0.25, -0.2) is 9.97 Å². The van der Waals surface area contributed by atoms with E-state index in [9.17, 15) is 13.2 Å². The van der Waals surface area contributed by atoms with E-state index in [4.69, 9.17) is 0 Å². The van der Waals surface area contributed by atoms with Crippen LogP contribution >= 0.6 is 0 Å². The first-order valence-electron chi connectivity index (χ1n) is 9.81. The van der Waals surface area contributed by atoms with Gasteiger partial charge in [0.05, 0.1) is 17.1 Å². The smallest absolute Gasteiger partial charge is 0.367 e. The molecule has 5 rings (SSSR count). The zero-order valence-electron chi connectivity index (χ0n) is 16.4. The number of anilines is 1. The van der Waals surface area contributed by atoms with Gasteiger partial charge in [-0.3, -0.25) is 5.10 Å². The van der Waals surface area contributed by atoms with E-state index in [0.717, 1.165) is 29.0 Å². The molecule has 11 heteroatoms. The molecule has 1 aliphatic rings. The highest BCUT2D eigenvalue weighted by molar-refractivity contribution is 5.85. The van der Waals surface area contributed by atoms with Crippen LogP contribution in [0.25, 0.3) is 11.0 Å². The van der Waals surface area contributed by atoms with Gasteiger partial charge in [-0.2, -0.15) is 23.3 Å². The monoisotopic (exact) mass is 431 g/mol. The van der Waals surface area contributed by atoms with E-state index in [2.05, 4.69) is 40.1 Å². The lowest BCUT2D eigenvalue weighted by atomic mass is 10.1. The Bertz CT molecular complexity index is 1090. The third-order valence-electron chi connectivity index (χ3n) is 4.99. The van der Waals surface area contributed by atoms with E-state index in [1.807, 2.05) is 0 Å². The molecule has 31 heavy (non-hydrogen) atoms. The number of rotatable bonds is 4. The molecule has 0 radical (unpaired) electrons. The number of benzene rings is 1. The molecule has 0 spiro atoms.